The van der Waals surface area contributed by atoms with Crippen molar-refractivity contribution in [2.45, 2.75) is 18.8 Å². The highest BCUT2D eigenvalue weighted by Crippen LogP contribution is 2.46. The van der Waals surface area contributed by atoms with Crippen molar-refractivity contribution in [2.75, 3.05) is 13.7 Å². The molecule has 1 aromatic rings. The zero-order valence-electron chi connectivity index (χ0n) is 8.08. The molecule has 4 heteroatoms. The summed E-state index contributed by atoms with van der Waals surface area (Å²) in [6.45, 7) is 0.0565. The summed E-state index contributed by atoms with van der Waals surface area (Å²) >= 11 is 1.53. The van der Waals surface area contributed by atoms with Crippen molar-refractivity contribution in [3.05, 3.63) is 15.8 Å². The molecule has 0 spiro atoms. The topological polar surface area (TPSA) is 52.3 Å². The number of methoxy groups -OCH3 is 1. The van der Waals surface area contributed by atoms with Gasteiger partial charge in [-0.1, -0.05) is 0 Å². The molecule has 2 rings (SSSR count). The van der Waals surface area contributed by atoms with Crippen LogP contribution in [-0.4, -0.2) is 19.4 Å². The van der Waals surface area contributed by atoms with Crippen molar-refractivity contribution in [3.8, 4) is 5.75 Å². The Hall–Kier alpha value is -0.870. The maximum atomic E-state index is 11.5. The van der Waals surface area contributed by atoms with Crippen LogP contribution in [0, 0.1) is 0 Å². The van der Waals surface area contributed by atoms with Gasteiger partial charge in [-0.15, -0.1) is 11.3 Å². The first kappa shape index (κ1) is 9.68. The number of carbonyl (C=O) groups is 1. The smallest absolute Gasteiger partial charge is 0.190 e. The van der Waals surface area contributed by atoms with E-state index in [-0.39, 0.29) is 12.3 Å². The predicted octanol–water partition coefficient (Wildman–Crippen LogP) is 1.78. The minimum atomic E-state index is -0.0289. The average Bonchev–Trinajstić information content (AvgIpc) is 2.97. The van der Waals surface area contributed by atoms with E-state index in [0.717, 1.165) is 0 Å². The fourth-order valence-corrected chi connectivity index (χ4v) is 2.64. The van der Waals surface area contributed by atoms with E-state index >= 15 is 0 Å². The fourth-order valence-electron chi connectivity index (χ4n) is 1.40. The van der Waals surface area contributed by atoms with Crippen LogP contribution in [0.25, 0.3) is 0 Å². The van der Waals surface area contributed by atoms with Gasteiger partial charge in [0.05, 0.1) is 13.7 Å². The zero-order valence-corrected chi connectivity index (χ0v) is 8.89. The molecule has 3 nitrogen and oxygen atoms in total. The third kappa shape index (κ3) is 1.67. The molecule has 0 aliphatic heterocycles. The van der Waals surface area contributed by atoms with E-state index in [1.165, 1.54) is 29.1 Å². The van der Waals surface area contributed by atoms with Gasteiger partial charge in [0.2, 0.25) is 0 Å². The van der Waals surface area contributed by atoms with Gasteiger partial charge in [0.1, 0.15) is 10.6 Å². The molecule has 0 aromatic carbocycles. The summed E-state index contributed by atoms with van der Waals surface area (Å²) in [6, 6.07) is 1.98. The molecule has 1 heterocycles. The van der Waals surface area contributed by atoms with Gasteiger partial charge in [-0.3, -0.25) is 4.79 Å². The highest BCUT2D eigenvalue weighted by atomic mass is 32.1. The molecule has 1 aliphatic carbocycles. The Morgan fingerprint density at radius 3 is 2.93 bits per heavy atom. The molecule has 2 N–H and O–H groups in total. The van der Waals surface area contributed by atoms with E-state index in [2.05, 4.69) is 0 Å². The standard InChI is InChI=1S/C10H13NO2S/c1-13-8-4-9(6-2-3-6)14-10(8)7(12)5-11/h4,6H,2-3,5,11H2,1H3. The largest absolute Gasteiger partial charge is 0.495 e. The predicted molar refractivity (Wildman–Crippen MR) is 56.2 cm³/mol. The van der Waals surface area contributed by atoms with Gasteiger partial charge >= 0.3 is 0 Å². The molecule has 0 radical (unpaired) electrons. The number of ether oxygens (including phenoxy) is 1. The summed E-state index contributed by atoms with van der Waals surface area (Å²) in [5, 5.41) is 0. The number of hydrogen-bond donors (Lipinski definition) is 1. The highest BCUT2D eigenvalue weighted by Gasteiger charge is 2.28. The van der Waals surface area contributed by atoms with Crippen LogP contribution in [0.2, 0.25) is 0 Å². The molecule has 1 saturated carbocycles. The number of carbonyl (C=O) groups excluding carboxylic acids is 1. The van der Waals surface area contributed by atoms with Gasteiger partial charge < -0.3 is 10.5 Å². The number of thiophene rings is 1. The molecular weight excluding hydrogens is 198 g/mol. The lowest BCUT2D eigenvalue weighted by Gasteiger charge is -1.97. The normalized spacial score (nSPS) is 15.6. The second kappa shape index (κ2) is 3.71. The Bertz CT molecular complexity index is 355. The molecule has 1 fully saturated rings. The first-order chi connectivity index (χ1) is 6.76. The van der Waals surface area contributed by atoms with Crippen LogP contribution in [-0.2, 0) is 0 Å². The Morgan fingerprint density at radius 2 is 2.43 bits per heavy atom. The second-order valence-corrected chi connectivity index (χ2v) is 4.53. The molecule has 0 atom stereocenters. The first-order valence-electron chi connectivity index (χ1n) is 4.67. The van der Waals surface area contributed by atoms with Crippen LogP contribution >= 0.6 is 11.3 Å². The van der Waals surface area contributed by atoms with Crippen molar-refractivity contribution >= 4 is 17.1 Å². The average molecular weight is 211 g/mol. The van der Waals surface area contributed by atoms with E-state index in [1.807, 2.05) is 6.07 Å². The summed E-state index contributed by atoms with van der Waals surface area (Å²) in [4.78, 5) is 13.4. The van der Waals surface area contributed by atoms with Gasteiger partial charge in [0.25, 0.3) is 0 Å². The van der Waals surface area contributed by atoms with Crippen LogP contribution in [0.1, 0.15) is 33.3 Å². The number of rotatable bonds is 4. The van der Waals surface area contributed by atoms with Crippen LogP contribution in [0.15, 0.2) is 6.07 Å². The molecular formula is C10H13NO2S. The van der Waals surface area contributed by atoms with Crippen LogP contribution in [0.3, 0.4) is 0 Å². The van der Waals surface area contributed by atoms with Crippen molar-refractivity contribution < 1.29 is 9.53 Å². The van der Waals surface area contributed by atoms with Crippen molar-refractivity contribution in [1.82, 2.24) is 0 Å². The molecule has 0 amide bonds. The number of hydrogen-bond acceptors (Lipinski definition) is 4. The van der Waals surface area contributed by atoms with E-state index in [1.54, 1.807) is 7.11 Å². The van der Waals surface area contributed by atoms with Crippen molar-refractivity contribution in [3.63, 3.8) is 0 Å². The SMILES string of the molecule is COc1cc(C2CC2)sc1C(=O)CN. The monoisotopic (exact) mass is 211 g/mol. The van der Waals surface area contributed by atoms with Crippen molar-refractivity contribution in [2.24, 2.45) is 5.73 Å². The zero-order chi connectivity index (χ0) is 10.1. The summed E-state index contributed by atoms with van der Waals surface area (Å²) in [5.74, 6) is 1.32. The molecule has 1 aliphatic rings. The van der Waals surface area contributed by atoms with Gasteiger partial charge in [0.15, 0.2) is 5.78 Å². The lowest BCUT2D eigenvalue weighted by molar-refractivity contribution is 0.100. The molecule has 0 saturated heterocycles. The number of ketones is 1. The summed E-state index contributed by atoms with van der Waals surface area (Å²) in [6.07, 6.45) is 2.47. The van der Waals surface area contributed by atoms with E-state index in [0.29, 0.717) is 16.5 Å². The molecule has 14 heavy (non-hydrogen) atoms. The minimum Gasteiger partial charge on any atom is -0.495 e. The van der Waals surface area contributed by atoms with E-state index in [4.69, 9.17) is 10.5 Å². The Kier molecular flexibility index (Phi) is 2.56. The third-order valence-electron chi connectivity index (χ3n) is 2.36. The van der Waals surface area contributed by atoms with E-state index in [9.17, 15) is 4.79 Å². The lowest BCUT2D eigenvalue weighted by atomic mass is 10.2. The first-order valence-corrected chi connectivity index (χ1v) is 5.49. The van der Waals surface area contributed by atoms with Gasteiger partial charge in [-0.05, 0) is 24.8 Å². The quantitative estimate of drug-likeness (QED) is 0.772. The molecule has 0 unspecified atom stereocenters. The fraction of sp³-hybridized carbons (Fsp3) is 0.500. The molecule has 1 aromatic heterocycles. The Morgan fingerprint density at radius 1 is 1.71 bits per heavy atom. The second-order valence-electron chi connectivity index (χ2n) is 3.45. The van der Waals surface area contributed by atoms with Crippen molar-refractivity contribution in [1.29, 1.82) is 0 Å². The maximum absolute atomic E-state index is 11.5. The van der Waals surface area contributed by atoms with Gasteiger partial charge in [-0.2, -0.15) is 0 Å². The maximum Gasteiger partial charge on any atom is 0.190 e. The number of nitrogens with two attached hydrogens (primary N) is 1. The van der Waals surface area contributed by atoms with Crippen LogP contribution < -0.4 is 10.5 Å². The molecule has 0 bridgehead atoms. The van der Waals surface area contributed by atoms with Gasteiger partial charge in [0, 0.05) is 4.88 Å². The Labute approximate surface area is 86.9 Å². The minimum absolute atomic E-state index is 0.0289. The summed E-state index contributed by atoms with van der Waals surface area (Å²) < 4.78 is 5.16. The lowest BCUT2D eigenvalue weighted by Crippen LogP contribution is -2.12. The molecule has 76 valence electrons. The summed E-state index contributed by atoms with van der Waals surface area (Å²) in [5.41, 5.74) is 5.33. The van der Waals surface area contributed by atoms with E-state index < -0.39 is 0 Å². The third-order valence-corrected chi connectivity index (χ3v) is 3.68. The Balaban J connectivity index is 2.31. The van der Waals surface area contributed by atoms with Crippen LogP contribution in [0.5, 0.6) is 5.75 Å². The summed E-state index contributed by atoms with van der Waals surface area (Å²) in [7, 11) is 1.59. The van der Waals surface area contributed by atoms with Gasteiger partial charge in [-0.25, -0.2) is 0 Å². The number of Topliss-reactive ketones (excluding diaryl/α,β-unsaturated/α-hetero) is 1. The van der Waals surface area contributed by atoms with Crippen LogP contribution in [0.4, 0.5) is 0 Å². The highest BCUT2D eigenvalue weighted by molar-refractivity contribution is 7.14.